The van der Waals surface area contributed by atoms with Crippen LogP contribution < -0.4 is 4.74 Å². The second-order valence-electron chi connectivity index (χ2n) is 6.96. The molecule has 0 saturated carbocycles. The zero-order valence-electron chi connectivity index (χ0n) is 17.2. The molecule has 0 aliphatic carbocycles. The lowest BCUT2D eigenvalue weighted by Gasteiger charge is -2.14. The van der Waals surface area contributed by atoms with Gasteiger partial charge in [-0.1, -0.05) is 42.8 Å². The highest BCUT2D eigenvalue weighted by Gasteiger charge is 2.36. The Kier molecular flexibility index (Phi) is 7.76. The Hall–Kier alpha value is -2.77. The van der Waals surface area contributed by atoms with E-state index in [-0.39, 0.29) is 11.0 Å². The standard InChI is InChI=1S/C23H22ClNO5S/c1-3-15(2)30-21(26)13-25-22(27)20(31-23(25)28)12-17-5-4-6-19(11-17)29-14-16-7-9-18(24)10-8-16/h4-12,15H,3,13-14H2,1-2H3/b20-12+/t15-/m1/s1. The molecule has 0 radical (unpaired) electrons. The molecule has 0 bridgehead atoms. The summed E-state index contributed by atoms with van der Waals surface area (Å²) in [6.07, 6.45) is 2.00. The molecule has 162 valence electrons. The van der Waals surface area contributed by atoms with Crippen LogP contribution in [0.4, 0.5) is 4.79 Å². The number of esters is 1. The summed E-state index contributed by atoms with van der Waals surface area (Å²) in [6, 6.07) is 14.6. The normalized spacial score (nSPS) is 16.0. The summed E-state index contributed by atoms with van der Waals surface area (Å²) in [6.45, 7) is 3.62. The van der Waals surface area contributed by atoms with E-state index in [1.54, 1.807) is 43.3 Å². The Balaban J connectivity index is 1.65. The molecule has 1 fully saturated rings. The van der Waals surface area contributed by atoms with E-state index in [4.69, 9.17) is 21.1 Å². The van der Waals surface area contributed by atoms with Crippen molar-refractivity contribution in [3.8, 4) is 5.75 Å². The van der Waals surface area contributed by atoms with Crippen molar-refractivity contribution in [3.63, 3.8) is 0 Å². The van der Waals surface area contributed by atoms with E-state index in [0.717, 1.165) is 22.2 Å². The van der Waals surface area contributed by atoms with Gasteiger partial charge in [0.1, 0.15) is 18.9 Å². The second-order valence-corrected chi connectivity index (χ2v) is 8.39. The predicted octanol–water partition coefficient (Wildman–Crippen LogP) is 5.30. The average molecular weight is 460 g/mol. The second kappa shape index (κ2) is 10.5. The van der Waals surface area contributed by atoms with Gasteiger partial charge in [0.25, 0.3) is 11.1 Å². The SMILES string of the molecule is CC[C@@H](C)OC(=O)CN1C(=O)S/C(=C/c2cccc(OCc3ccc(Cl)cc3)c2)C1=O. The molecule has 1 atom stereocenters. The minimum absolute atomic E-state index is 0.246. The Labute approximate surface area is 190 Å². The fourth-order valence-electron chi connectivity index (χ4n) is 2.70. The minimum Gasteiger partial charge on any atom is -0.489 e. The summed E-state index contributed by atoms with van der Waals surface area (Å²) in [5.74, 6) is -0.487. The zero-order valence-corrected chi connectivity index (χ0v) is 18.7. The van der Waals surface area contributed by atoms with E-state index < -0.39 is 23.7 Å². The largest absolute Gasteiger partial charge is 0.489 e. The van der Waals surface area contributed by atoms with Gasteiger partial charge in [-0.2, -0.15) is 0 Å². The van der Waals surface area contributed by atoms with E-state index in [0.29, 0.717) is 29.4 Å². The quantitative estimate of drug-likeness (QED) is 0.394. The lowest BCUT2D eigenvalue weighted by atomic mass is 10.2. The molecule has 1 aliphatic rings. The smallest absolute Gasteiger partial charge is 0.326 e. The maximum absolute atomic E-state index is 12.6. The first-order chi connectivity index (χ1) is 14.9. The van der Waals surface area contributed by atoms with Crippen LogP contribution >= 0.6 is 23.4 Å². The Morgan fingerprint density at radius 3 is 2.65 bits per heavy atom. The first kappa shape index (κ1) is 22.9. The molecule has 2 aromatic rings. The fraction of sp³-hybridized carbons (Fsp3) is 0.261. The number of rotatable bonds is 8. The third-order valence-corrected chi connectivity index (χ3v) is 5.70. The van der Waals surface area contributed by atoms with Crippen molar-refractivity contribution in [1.29, 1.82) is 0 Å². The molecule has 0 spiro atoms. The Morgan fingerprint density at radius 1 is 1.19 bits per heavy atom. The van der Waals surface area contributed by atoms with Gasteiger partial charge in [0, 0.05) is 5.02 Å². The van der Waals surface area contributed by atoms with Crippen molar-refractivity contribution in [2.24, 2.45) is 0 Å². The van der Waals surface area contributed by atoms with Gasteiger partial charge in [-0.3, -0.25) is 19.3 Å². The van der Waals surface area contributed by atoms with Gasteiger partial charge in [-0.05, 0) is 66.6 Å². The number of halogens is 1. The number of thioether (sulfide) groups is 1. The lowest BCUT2D eigenvalue weighted by molar-refractivity contribution is -0.150. The van der Waals surface area contributed by atoms with Crippen LogP contribution in [0.5, 0.6) is 5.75 Å². The number of imide groups is 1. The summed E-state index contributed by atoms with van der Waals surface area (Å²) in [5, 5.41) is 0.167. The summed E-state index contributed by atoms with van der Waals surface area (Å²) in [5.41, 5.74) is 1.68. The maximum Gasteiger partial charge on any atom is 0.326 e. The van der Waals surface area contributed by atoms with E-state index >= 15 is 0 Å². The van der Waals surface area contributed by atoms with Gasteiger partial charge >= 0.3 is 5.97 Å². The van der Waals surface area contributed by atoms with Crippen molar-refractivity contribution in [3.05, 3.63) is 69.6 Å². The molecule has 1 aliphatic heterocycles. The number of amides is 2. The molecule has 2 aromatic carbocycles. The van der Waals surface area contributed by atoms with Crippen molar-refractivity contribution < 1.29 is 23.9 Å². The molecule has 6 nitrogen and oxygen atoms in total. The highest BCUT2D eigenvalue weighted by Crippen LogP contribution is 2.32. The Bertz CT molecular complexity index is 1010. The van der Waals surface area contributed by atoms with E-state index in [1.165, 1.54) is 0 Å². The van der Waals surface area contributed by atoms with Crippen LogP contribution in [0, 0.1) is 0 Å². The van der Waals surface area contributed by atoms with E-state index in [2.05, 4.69) is 0 Å². The summed E-state index contributed by atoms with van der Waals surface area (Å²) in [4.78, 5) is 37.9. The third kappa shape index (κ3) is 6.35. The van der Waals surface area contributed by atoms with Crippen LogP contribution in [0.1, 0.15) is 31.4 Å². The Morgan fingerprint density at radius 2 is 1.94 bits per heavy atom. The number of benzene rings is 2. The molecule has 31 heavy (non-hydrogen) atoms. The first-order valence-corrected chi connectivity index (χ1v) is 11.0. The van der Waals surface area contributed by atoms with Crippen molar-refractivity contribution >= 4 is 46.6 Å². The molecular weight excluding hydrogens is 438 g/mol. The van der Waals surface area contributed by atoms with Crippen molar-refractivity contribution in [2.45, 2.75) is 33.0 Å². The minimum atomic E-state index is -0.601. The van der Waals surface area contributed by atoms with Crippen LogP contribution in [0.15, 0.2) is 53.4 Å². The molecule has 1 heterocycles. The number of carbonyl (C=O) groups is 3. The molecule has 1 saturated heterocycles. The summed E-state index contributed by atoms with van der Waals surface area (Å²) < 4.78 is 11.0. The first-order valence-electron chi connectivity index (χ1n) is 9.78. The average Bonchev–Trinajstić information content (AvgIpc) is 3.00. The molecular formula is C23H22ClNO5S. The van der Waals surface area contributed by atoms with Gasteiger partial charge in [0.05, 0.1) is 11.0 Å². The molecule has 2 amide bonds. The van der Waals surface area contributed by atoms with Gasteiger partial charge < -0.3 is 9.47 Å². The van der Waals surface area contributed by atoms with Crippen LogP contribution in [-0.4, -0.2) is 34.7 Å². The van der Waals surface area contributed by atoms with Crippen LogP contribution in [-0.2, 0) is 20.9 Å². The van der Waals surface area contributed by atoms with Crippen molar-refractivity contribution in [2.75, 3.05) is 6.54 Å². The predicted molar refractivity (Wildman–Crippen MR) is 121 cm³/mol. The zero-order chi connectivity index (χ0) is 22.4. The van der Waals surface area contributed by atoms with Crippen LogP contribution in [0.2, 0.25) is 5.02 Å². The van der Waals surface area contributed by atoms with Gasteiger partial charge in [0.2, 0.25) is 0 Å². The van der Waals surface area contributed by atoms with Crippen LogP contribution in [0.3, 0.4) is 0 Å². The van der Waals surface area contributed by atoms with Gasteiger partial charge in [0.15, 0.2) is 0 Å². The highest BCUT2D eigenvalue weighted by atomic mass is 35.5. The third-order valence-electron chi connectivity index (χ3n) is 4.54. The van der Waals surface area contributed by atoms with Gasteiger partial charge in [-0.15, -0.1) is 0 Å². The summed E-state index contributed by atoms with van der Waals surface area (Å²) in [7, 11) is 0. The van der Waals surface area contributed by atoms with E-state index in [1.807, 2.05) is 25.1 Å². The molecule has 8 heteroatoms. The van der Waals surface area contributed by atoms with Crippen molar-refractivity contribution in [1.82, 2.24) is 4.90 Å². The highest BCUT2D eigenvalue weighted by molar-refractivity contribution is 8.18. The number of nitrogens with zero attached hydrogens (tertiary/aromatic N) is 1. The lowest BCUT2D eigenvalue weighted by Crippen LogP contribution is -2.35. The fourth-order valence-corrected chi connectivity index (χ4v) is 3.67. The van der Waals surface area contributed by atoms with E-state index in [9.17, 15) is 14.4 Å². The number of ether oxygens (including phenoxy) is 2. The summed E-state index contributed by atoms with van der Waals surface area (Å²) >= 11 is 6.69. The molecule has 0 aromatic heterocycles. The number of hydrogen-bond donors (Lipinski definition) is 0. The monoisotopic (exact) mass is 459 g/mol. The number of carbonyl (C=O) groups excluding carboxylic acids is 3. The molecule has 0 unspecified atom stereocenters. The van der Waals surface area contributed by atoms with Gasteiger partial charge in [-0.25, -0.2) is 0 Å². The van der Waals surface area contributed by atoms with Crippen LogP contribution in [0.25, 0.3) is 6.08 Å². The molecule has 3 rings (SSSR count). The maximum atomic E-state index is 12.6. The molecule has 0 N–H and O–H groups in total. The number of hydrogen-bond acceptors (Lipinski definition) is 6. The topological polar surface area (TPSA) is 72.9 Å².